The van der Waals surface area contributed by atoms with Gasteiger partial charge in [-0.1, -0.05) is 34.5 Å². The summed E-state index contributed by atoms with van der Waals surface area (Å²) < 4.78 is 200. The third kappa shape index (κ3) is 11.6. The summed E-state index contributed by atoms with van der Waals surface area (Å²) in [4.78, 5) is -6.94. The molecule has 24 nitrogen and oxygen atoms in total. The van der Waals surface area contributed by atoms with Crippen LogP contribution < -0.4 is 30.6 Å². The molecule has 0 aliphatic carbocycles. The van der Waals surface area contributed by atoms with Gasteiger partial charge >= 0.3 is 0 Å². The Bertz CT molecular complexity index is 3650. The zero-order valence-electron chi connectivity index (χ0n) is 33.9. The lowest BCUT2D eigenvalue weighted by molar-refractivity contribution is -0.263. The van der Waals surface area contributed by atoms with Crippen molar-refractivity contribution in [1.82, 2.24) is 0 Å². The average Bonchev–Trinajstić information content (AvgIpc) is 3.23. The average molecular weight is 1220 g/mol. The SMILES string of the molecule is O=S(=O)(O)c1cc2sc3cc(S(=O)(=O)O)cc(sc4cc(S(=O)(=O)O)cc(sc5cc(S(=O)(=O)O)cc(sc6cc(S(=O)(=O)O)cc(sc7cc(S(=O)(=O)O)cc(sc(c1)c2[O-])c7[O-])c6[O-])c5[O-])c4[O-])c3[O-]. The maximum absolute atomic E-state index is 14.1. The second kappa shape index (κ2) is 19.0. The van der Waals surface area contributed by atoms with Crippen LogP contribution in [0.3, 0.4) is 0 Å². The molecule has 384 valence electrons. The first-order chi connectivity index (χ1) is 32.9. The van der Waals surface area contributed by atoms with Gasteiger partial charge in [-0.25, -0.2) is 0 Å². The van der Waals surface area contributed by atoms with Gasteiger partial charge in [-0.2, -0.15) is 50.5 Å². The molecule has 0 saturated carbocycles. The molecule has 12 bridgehead atoms. The molecule has 0 amide bonds. The number of hydrogen-bond acceptors (Lipinski definition) is 24. The highest BCUT2D eigenvalue weighted by atomic mass is 32.2. The van der Waals surface area contributed by atoms with Crippen molar-refractivity contribution in [2.45, 2.75) is 29.4 Å². The Morgan fingerprint density at radius 3 is 0.375 bits per heavy atom. The van der Waals surface area contributed by atoms with Crippen LogP contribution in [0.1, 0.15) is 0 Å². The van der Waals surface area contributed by atoms with Gasteiger partial charge in [0.25, 0.3) is 60.7 Å². The van der Waals surface area contributed by atoms with Gasteiger partial charge in [-0.05, 0) is 72.8 Å². The molecule has 0 saturated heterocycles. The molecule has 7 rings (SSSR count). The Kier molecular flexibility index (Phi) is 14.4. The van der Waals surface area contributed by atoms with Crippen LogP contribution in [-0.2, 0) is 60.7 Å². The van der Waals surface area contributed by atoms with Crippen LogP contribution in [0.15, 0.2) is 102 Å². The van der Waals surface area contributed by atoms with Gasteiger partial charge in [0.2, 0.25) is 0 Å². The molecule has 0 unspecified atom stereocenters. The van der Waals surface area contributed by atoms with Gasteiger partial charge < -0.3 is 30.6 Å². The lowest BCUT2D eigenvalue weighted by atomic mass is 10.3. The summed E-state index contributed by atoms with van der Waals surface area (Å²) in [6, 6.07) is 5.40. The molecule has 36 heteroatoms. The molecule has 72 heavy (non-hydrogen) atoms. The van der Waals surface area contributed by atoms with E-state index in [0.29, 0.717) is 72.8 Å². The molecule has 0 aliphatic rings. The predicted octanol–water partition coefficient (Wildman–Crippen LogP) is 3.96. The Morgan fingerprint density at radius 1 is 0.222 bits per heavy atom. The van der Waals surface area contributed by atoms with Crippen molar-refractivity contribution in [3.63, 3.8) is 0 Å². The molecule has 6 N–H and O–H groups in total. The van der Waals surface area contributed by atoms with Crippen molar-refractivity contribution in [2.24, 2.45) is 0 Å². The van der Waals surface area contributed by atoms with Crippen molar-refractivity contribution in [2.75, 3.05) is 0 Å². The zero-order valence-corrected chi connectivity index (χ0v) is 43.7. The minimum absolute atomic E-state index is 0.0492. The van der Waals surface area contributed by atoms with Crippen molar-refractivity contribution in [3.05, 3.63) is 72.8 Å². The van der Waals surface area contributed by atoms with E-state index < -0.39 is 181 Å². The van der Waals surface area contributed by atoms with E-state index in [9.17, 15) is 108 Å². The fourth-order valence-corrected chi connectivity index (χ4v) is 16.4. The van der Waals surface area contributed by atoms with Crippen molar-refractivity contribution < 1.29 is 108 Å². The Balaban J connectivity index is 1.90. The maximum atomic E-state index is 14.1. The van der Waals surface area contributed by atoms with Gasteiger partial charge in [-0.15, -0.1) is 68.0 Å². The molecule has 1 heterocycles. The number of benzene rings is 6. The molecule has 0 spiro atoms. The summed E-state index contributed by atoms with van der Waals surface area (Å²) in [6.07, 6.45) is 0. The van der Waals surface area contributed by atoms with Crippen LogP contribution in [0.5, 0.6) is 34.5 Å². The van der Waals surface area contributed by atoms with Crippen LogP contribution >= 0.6 is 68.0 Å². The molecular formula is C36H18O24S12-6. The van der Waals surface area contributed by atoms with E-state index in [2.05, 4.69) is 0 Å². The van der Waals surface area contributed by atoms with Crippen LogP contribution in [0.2, 0.25) is 0 Å². The lowest BCUT2D eigenvalue weighted by Gasteiger charge is -2.16. The Labute approximate surface area is 426 Å². The van der Waals surface area contributed by atoms with Gasteiger partial charge in [0, 0.05) is 56.4 Å². The summed E-state index contributed by atoms with van der Waals surface area (Å²) in [5.74, 6) is -8.11. The van der Waals surface area contributed by atoms with Gasteiger partial charge in [0.05, 0.1) is 29.4 Å². The number of rotatable bonds is 6. The fourth-order valence-electron chi connectivity index (χ4n) is 5.83. The summed E-state index contributed by atoms with van der Waals surface area (Å²) in [5, 5.41) is 84.6. The second-order valence-corrected chi connectivity index (χ2v) is 29.0. The summed E-state index contributed by atoms with van der Waals surface area (Å²) in [5.41, 5.74) is 0. The van der Waals surface area contributed by atoms with E-state index in [-0.39, 0.29) is 68.0 Å². The second-order valence-electron chi connectivity index (χ2n) is 14.0. The zero-order chi connectivity index (χ0) is 53.6. The first-order valence-corrected chi connectivity index (χ1v) is 31.5. The fraction of sp³-hybridized carbons (Fsp3) is 0. The van der Waals surface area contributed by atoms with Crippen molar-refractivity contribution >= 4 is 185 Å². The number of hydrogen-bond donors (Lipinski definition) is 6. The minimum atomic E-state index is -5.39. The van der Waals surface area contributed by atoms with Gasteiger partial charge in [-0.3, -0.25) is 27.3 Å². The number of fused-ring (bicyclic) bond motifs is 12. The molecule has 6 aromatic carbocycles. The Morgan fingerprint density at radius 2 is 0.306 bits per heavy atom. The third-order valence-corrected chi connectivity index (χ3v) is 20.3. The van der Waals surface area contributed by atoms with E-state index in [1.165, 1.54) is 0 Å². The minimum Gasteiger partial charge on any atom is -0.871 e. The highest BCUT2D eigenvalue weighted by Gasteiger charge is 2.18. The third-order valence-electron chi connectivity index (χ3n) is 9.07. The van der Waals surface area contributed by atoms with Crippen molar-refractivity contribution in [3.8, 4) is 34.5 Å². The van der Waals surface area contributed by atoms with Gasteiger partial charge in [0.1, 0.15) is 0 Å². The standard InChI is InChI=1S/C36H24O24S12/c37-31-19-1-13(67(43,44)45)2-20(31)62-23-5-15(69(49,50)51)6-24(33(23)39)64-27-9-17(71(55,56)57)10-28(35(27)41)66-30-12-18(72(58,59)60)11-29(36(30)42)65-26-8-16(70(52,53)54)7-25(34(26)40)63-22-4-14(68(46,47)48)3-21(61-19)32(22)38/h1-12,37-42H,(H,43,44,45)(H,46,47,48)(H,49,50,51)(H,52,53,54)(H,55,56,57)(H,58,59,60)/p-6. The summed E-state index contributed by atoms with van der Waals surface area (Å²) in [6.45, 7) is 0. The van der Waals surface area contributed by atoms with E-state index in [1.54, 1.807) is 0 Å². The van der Waals surface area contributed by atoms with Crippen molar-refractivity contribution in [1.29, 1.82) is 0 Å². The van der Waals surface area contributed by atoms with E-state index in [4.69, 9.17) is 0 Å². The predicted molar refractivity (Wildman–Crippen MR) is 254 cm³/mol. The first kappa shape index (κ1) is 54.7. The van der Waals surface area contributed by atoms with Gasteiger partial charge in [0.15, 0.2) is 0 Å². The molecule has 1 aromatic heterocycles. The van der Waals surface area contributed by atoms with Crippen LogP contribution in [-0.4, -0.2) is 77.8 Å². The first-order valence-electron chi connectivity index (χ1n) is 17.9. The van der Waals surface area contributed by atoms with E-state index >= 15 is 0 Å². The highest BCUT2D eigenvalue weighted by Crippen LogP contribution is 2.44. The monoisotopic (exact) mass is 1220 g/mol. The normalized spacial score (nSPS) is 12.8. The summed E-state index contributed by atoms with van der Waals surface area (Å²) >= 11 is -0.295. The van der Waals surface area contributed by atoms with Crippen LogP contribution in [0.25, 0.3) is 56.4 Å². The smallest absolute Gasteiger partial charge is 0.294 e. The molecule has 0 fully saturated rings. The lowest BCUT2D eigenvalue weighted by Crippen LogP contribution is -2.01. The molecule has 0 atom stereocenters. The van der Waals surface area contributed by atoms with Crippen LogP contribution in [0.4, 0.5) is 0 Å². The molecule has 0 aliphatic heterocycles. The topological polar surface area (TPSA) is 465 Å². The molecule has 7 aromatic rings. The highest BCUT2D eigenvalue weighted by molar-refractivity contribution is 7.87. The largest absolute Gasteiger partial charge is 0.871 e. The molecular weight excluding hydrogens is 1200 g/mol. The Hall–Kier alpha value is -5.10. The van der Waals surface area contributed by atoms with E-state index in [1.807, 2.05) is 0 Å². The van der Waals surface area contributed by atoms with E-state index in [0.717, 1.165) is 0 Å². The van der Waals surface area contributed by atoms with Crippen LogP contribution in [0, 0.1) is 0 Å². The quantitative estimate of drug-likeness (QED) is 0.128. The molecule has 0 radical (unpaired) electrons. The maximum Gasteiger partial charge on any atom is 0.294 e. The summed E-state index contributed by atoms with van der Waals surface area (Å²) in [7, 11) is -32.3.